The smallest absolute Gasteiger partial charge is 0.273 e. The minimum absolute atomic E-state index is 0.160. The van der Waals surface area contributed by atoms with Crippen molar-refractivity contribution in [1.82, 2.24) is 25.1 Å². The lowest BCUT2D eigenvalue weighted by molar-refractivity contribution is 0.0705. The number of nitrogens with zero attached hydrogens (tertiary/aromatic N) is 3. The van der Waals surface area contributed by atoms with Crippen LogP contribution in [-0.2, 0) is 0 Å². The van der Waals surface area contributed by atoms with Crippen molar-refractivity contribution in [2.45, 2.75) is 18.8 Å². The van der Waals surface area contributed by atoms with E-state index in [1.54, 1.807) is 12.0 Å². The second-order valence-corrected chi connectivity index (χ2v) is 6.79. The zero-order valence-corrected chi connectivity index (χ0v) is 15.5. The van der Waals surface area contributed by atoms with E-state index in [2.05, 4.69) is 20.2 Å². The van der Waals surface area contributed by atoms with E-state index in [-0.39, 0.29) is 23.1 Å². The summed E-state index contributed by atoms with van der Waals surface area (Å²) in [6, 6.07) is 7.91. The molecule has 1 fully saturated rings. The maximum Gasteiger partial charge on any atom is 0.273 e. The molecule has 0 aliphatic carbocycles. The molecule has 1 aliphatic rings. The van der Waals surface area contributed by atoms with Gasteiger partial charge in [-0.25, -0.2) is 4.98 Å². The van der Waals surface area contributed by atoms with Crippen LogP contribution in [0.4, 0.5) is 0 Å². The fraction of sp³-hybridized carbons (Fsp3) is 0.300. The number of aromatic amines is 2. The third-order valence-corrected chi connectivity index (χ3v) is 5.13. The van der Waals surface area contributed by atoms with Crippen LogP contribution in [0.15, 0.2) is 47.7 Å². The molecule has 1 aromatic carbocycles. The maximum atomic E-state index is 12.6. The summed E-state index contributed by atoms with van der Waals surface area (Å²) in [6.07, 6.45) is 5.99. The summed E-state index contributed by atoms with van der Waals surface area (Å²) in [5.74, 6) is 0.932. The average molecular weight is 379 g/mol. The third-order valence-electron chi connectivity index (χ3n) is 5.13. The van der Waals surface area contributed by atoms with Gasteiger partial charge in [-0.15, -0.1) is 0 Å². The van der Waals surface area contributed by atoms with E-state index >= 15 is 0 Å². The zero-order valence-electron chi connectivity index (χ0n) is 15.5. The van der Waals surface area contributed by atoms with Gasteiger partial charge in [0.05, 0.1) is 19.5 Å². The molecule has 0 spiro atoms. The number of benzene rings is 1. The summed E-state index contributed by atoms with van der Waals surface area (Å²) in [5, 5.41) is 7.40. The number of methoxy groups -OCH3 is 1. The Morgan fingerprint density at radius 3 is 2.79 bits per heavy atom. The van der Waals surface area contributed by atoms with Gasteiger partial charge in [-0.1, -0.05) is 12.1 Å². The molecule has 0 bridgehead atoms. The highest BCUT2D eigenvalue weighted by atomic mass is 16.5. The van der Waals surface area contributed by atoms with E-state index < -0.39 is 0 Å². The molecule has 1 saturated heterocycles. The number of aromatic nitrogens is 4. The molecule has 2 N–H and O–H groups in total. The highest BCUT2D eigenvalue weighted by Gasteiger charge is 2.27. The van der Waals surface area contributed by atoms with Crippen molar-refractivity contribution in [2.24, 2.45) is 0 Å². The molecule has 0 saturated carbocycles. The van der Waals surface area contributed by atoms with Gasteiger partial charge >= 0.3 is 0 Å². The first-order valence-electron chi connectivity index (χ1n) is 9.17. The zero-order chi connectivity index (χ0) is 19.5. The number of ether oxygens (including phenoxy) is 1. The summed E-state index contributed by atoms with van der Waals surface area (Å²) in [6.45, 7) is 1.25. The third kappa shape index (κ3) is 3.53. The molecule has 4 rings (SSSR count). The molecule has 8 heteroatoms. The number of H-pyrrole nitrogens is 2. The van der Waals surface area contributed by atoms with Gasteiger partial charge in [0.1, 0.15) is 11.4 Å². The van der Waals surface area contributed by atoms with Crippen molar-refractivity contribution in [2.75, 3.05) is 20.2 Å². The second kappa shape index (κ2) is 7.67. The normalized spacial score (nSPS) is 14.8. The molecule has 144 valence electrons. The first-order valence-corrected chi connectivity index (χ1v) is 9.17. The lowest BCUT2D eigenvalue weighted by Gasteiger charge is -2.31. The molecule has 28 heavy (non-hydrogen) atoms. The van der Waals surface area contributed by atoms with Crippen LogP contribution in [0.5, 0.6) is 5.75 Å². The van der Waals surface area contributed by atoms with Crippen molar-refractivity contribution < 1.29 is 9.53 Å². The fourth-order valence-corrected chi connectivity index (χ4v) is 3.62. The molecule has 2 aromatic heterocycles. The molecule has 8 nitrogen and oxygen atoms in total. The quantitative estimate of drug-likeness (QED) is 0.723. The molecule has 0 atom stereocenters. The topological polar surface area (TPSA) is 104 Å². The Bertz CT molecular complexity index is 1010. The minimum Gasteiger partial charge on any atom is -0.497 e. The van der Waals surface area contributed by atoms with Crippen LogP contribution in [0.1, 0.15) is 34.9 Å². The minimum atomic E-state index is -0.320. The van der Waals surface area contributed by atoms with Gasteiger partial charge in [-0.2, -0.15) is 5.10 Å². The summed E-state index contributed by atoms with van der Waals surface area (Å²) < 4.78 is 5.33. The van der Waals surface area contributed by atoms with Gasteiger partial charge in [-0.05, 0) is 30.5 Å². The van der Waals surface area contributed by atoms with Gasteiger partial charge in [0, 0.05) is 36.5 Å². The van der Waals surface area contributed by atoms with Gasteiger partial charge < -0.3 is 14.6 Å². The highest BCUT2D eigenvalue weighted by molar-refractivity contribution is 5.92. The number of hydrogen-bond donors (Lipinski definition) is 2. The van der Waals surface area contributed by atoms with Crippen molar-refractivity contribution in [1.29, 1.82) is 0 Å². The summed E-state index contributed by atoms with van der Waals surface area (Å²) in [5.41, 5.74) is 3.14. The Labute approximate surface area is 161 Å². The van der Waals surface area contributed by atoms with Crippen LogP contribution >= 0.6 is 0 Å². The molecular weight excluding hydrogens is 358 g/mol. The standard InChI is InChI=1S/C20H21N5O3/c1-28-15-4-2-3-14(9-15)16-10-23-24-19(16)13-5-7-25(8-6-13)20(27)17-11-22-18(26)12-21-17/h2-4,9-13H,5-8H2,1H3,(H,22,26)(H,23,24). The lowest BCUT2D eigenvalue weighted by atomic mass is 9.89. The Hall–Kier alpha value is -3.42. The Morgan fingerprint density at radius 1 is 1.25 bits per heavy atom. The molecular formula is C20H21N5O3. The number of hydrogen-bond acceptors (Lipinski definition) is 5. The van der Waals surface area contributed by atoms with Crippen molar-refractivity contribution >= 4 is 5.91 Å². The predicted octanol–water partition coefficient (Wildman–Crippen LogP) is 2.19. The first kappa shape index (κ1) is 18.0. The van der Waals surface area contributed by atoms with E-state index in [0.29, 0.717) is 13.1 Å². The molecule has 3 heterocycles. The average Bonchev–Trinajstić information content (AvgIpc) is 3.24. The second-order valence-electron chi connectivity index (χ2n) is 6.79. The van der Waals surface area contributed by atoms with E-state index in [1.807, 2.05) is 30.5 Å². The number of amides is 1. The van der Waals surface area contributed by atoms with Crippen LogP contribution in [0.25, 0.3) is 11.1 Å². The number of likely N-dealkylation sites (tertiary alicyclic amines) is 1. The number of piperidine rings is 1. The van der Waals surface area contributed by atoms with Crippen LogP contribution in [0.2, 0.25) is 0 Å². The van der Waals surface area contributed by atoms with E-state index in [9.17, 15) is 9.59 Å². The monoisotopic (exact) mass is 379 g/mol. The van der Waals surface area contributed by atoms with Gasteiger partial charge in [0.25, 0.3) is 11.5 Å². The SMILES string of the molecule is COc1cccc(-c2cn[nH]c2C2CCN(C(=O)c3c[nH]c(=O)cn3)CC2)c1. The van der Waals surface area contributed by atoms with Crippen LogP contribution in [-0.4, -0.2) is 51.2 Å². The van der Waals surface area contributed by atoms with Crippen molar-refractivity contribution in [3.8, 4) is 16.9 Å². The number of rotatable bonds is 4. The highest BCUT2D eigenvalue weighted by Crippen LogP contribution is 2.35. The number of carbonyl (C=O) groups is 1. The van der Waals surface area contributed by atoms with Crippen LogP contribution in [0, 0.1) is 0 Å². The Morgan fingerprint density at radius 2 is 2.07 bits per heavy atom. The summed E-state index contributed by atoms with van der Waals surface area (Å²) >= 11 is 0. The lowest BCUT2D eigenvalue weighted by Crippen LogP contribution is -2.38. The van der Waals surface area contributed by atoms with Crippen LogP contribution < -0.4 is 10.3 Å². The number of nitrogens with one attached hydrogen (secondary N) is 2. The van der Waals surface area contributed by atoms with E-state index in [0.717, 1.165) is 41.6 Å². The van der Waals surface area contributed by atoms with Crippen LogP contribution in [0.3, 0.4) is 0 Å². The Kier molecular flexibility index (Phi) is 4.92. The van der Waals surface area contributed by atoms with E-state index in [4.69, 9.17) is 4.74 Å². The first-order chi connectivity index (χ1) is 13.7. The molecule has 0 radical (unpaired) electrons. The molecule has 1 aliphatic heterocycles. The van der Waals surface area contributed by atoms with Crippen molar-refractivity contribution in [3.63, 3.8) is 0 Å². The Balaban J connectivity index is 1.47. The predicted molar refractivity (Wildman–Crippen MR) is 103 cm³/mol. The molecule has 0 unspecified atom stereocenters. The maximum absolute atomic E-state index is 12.6. The fourth-order valence-electron chi connectivity index (χ4n) is 3.62. The van der Waals surface area contributed by atoms with E-state index in [1.165, 1.54) is 6.20 Å². The molecule has 3 aromatic rings. The number of carbonyl (C=O) groups excluding carboxylic acids is 1. The van der Waals surface area contributed by atoms with Gasteiger partial charge in [0.15, 0.2) is 0 Å². The summed E-state index contributed by atoms with van der Waals surface area (Å²) in [7, 11) is 1.65. The van der Waals surface area contributed by atoms with Crippen molar-refractivity contribution in [3.05, 3.63) is 64.6 Å². The molecule has 1 amide bonds. The largest absolute Gasteiger partial charge is 0.497 e. The summed E-state index contributed by atoms with van der Waals surface area (Å²) in [4.78, 5) is 31.9. The van der Waals surface area contributed by atoms with Gasteiger partial charge in [0.2, 0.25) is 0 Å². The van der Waals surface area contributed by atoms with Gasteiger partial charge in [-0.3, -0.25) is 14.7 Å².